The maximum absolute atomic E-state index is 12.8. The summed E-state index contributed by atoms with van der Waals surface area (Å²) in [5.41, 5.74) is 2.84. The molecular weight excluding hydrogens is 1010 g/mol. The summed E-state index contributed by atoms with van der Waals surface area (Å²) in [4.78, 5) is 75.8. The van der Waals surface area contributed by atoms with E-state index in [0.29, 0.717) is 58.0 Å². The second-order valence-electron chi connectivity index (χ2n) is 22.5. The molecule has 12 heteroatoms. The fraction of sp³-hybridized carbons (Fsp3) is 0.838. The van der Waals surface area contributed by atoms with Crippen LogP contribution in [0.25, 0.3) is 0 Å². The molecule has 3 atom stereocenters. The third-order valence-corrected chi connectivity index (χ3v) is 14.9. The first-order valence-corrected chi connectivity index (χ1v) is 32.9. The quantitative estimate of drug-likeness (QED) is 0.0109. The van der Waals surface area contributed by atoms with Gasteiger partial charge in [-0.3, -0.25) is 28.8 Å². The lowest BCUT2D eigenvalue weighted by Crippen LogP contribution is -2.34. The average molecular weight is 1130 g/mol. The van der Waals surface area contributed by atoms with Gasteiger partial charge in [-0.05, 0) is 56.4 Å². The fourth-order valence-electron chi connectivity index (χ4n) is 9.98. The summed E-state index contributed by atoms with van der Waals surface area (Å²) < 4.78 is 27.7. The minimum absolute atomic E-state index is 0.0138. The number of unbranched alkanes of at least 4 members (excludes halogenated alkanes) is 20. The van der Waals surface area contributed by atoms with Gasteiger partial charge in [0, 0.05) is 57.4 Å². The molecule has 1 amide bonds. The fourth-order valence-corrected chi connectivity index (χ4v) is 9.98. The SMILES string of the molecule is C=C=C(CC(CC(=O)C=C)CC(=O)OCCCCCCCC)OCCCCCCCC.CC.CC1CCCCCC1.CCCCCCCCOC(=O)CC(CC(=O)OCCCCCCCC)CC(=O)O[C@@H]1CC(C)N(C(=O)CC)C1. The van der Waals surface area contributed by atoms with E-state index in [1.165, 1.54) is 134 Å². The summed E-state index contributed by atoms with van der Waals surface area (Å²) in [6, 6.07) is 0.0138. The van der Waals surface area contributed by atoms with Crippen LogP contribution in [0.5, 0.6) is 0 Å². The lowest BCUT2D eigenvalue weighted by atomic mass is 9.94. The van der Waals surface area contributed by atoms with Gasteiger partial charge in [0.15, 0.2) is 5.78 Å². The zero-order valence-corrected chi connectivity index (χ0v) is 53.2. The van der Waals surface area contributed by atoms with Gasteiger partial charge >= 0.3 is 23.9 Å². The molecule has 0 aromatic rings. The molecule has 2 rings (SSSR count). The van der Waals surface area contributed by atoms with Crippen LogP contribution in [0, 0.1) is 17.8 Å². The lowest BCUT2D eigenvalue weighted by molar-refractivity contribution is -0.153. The molecule has 2 aliphatic rings. The maximum atomic E-state index is 12.8. The van der Waals surface area contributed by atoms with Gasteiger partial charge in [0.1, 0.15) is 11.9 Å². The molecule has 1 aliphatic heterocycles. The number of nitrogens with zero attached hydrogens (tertiary/aromatic N) is 1. The highest BCUT2D eigenvalue weighted by Crippen LogP contribution is 2.25. The molecule has 0 aromatic heterocycles. The van der Waals surface area contributed by atoms with E-state index in [4.69, 9.17) is 23.7 Å². The third kappa shape index (κ3) is 47.7. The summed E-state index contributed by atoms with van der Waals surface area (Å²) >= 11 is 0. The number of ketones is 1. The molecule has 1 heterocycles. The number of ether oxygens (including phenoxy) is 5. The van der Waals surface area contributed by atoms with E-state index in [1.54, 1.807) is 4.90 Å². The van der Waals surface area contributed by atoms with Crippen molar-refractivity contribution in [3.8, 4) is 0 Å². The minimum atomic E-state index is -0.543. The molecule has 2 fully saturated rings. The summed E-state index contributed by atoms with van der Waals surface area (Å²) in [6.45, 7) is 28.3. The highest BCUT2D eigenvalue weighted by atomic mass is 16.6. The lowest BCUT2D eigenvalue weighted by Gasteiger charge is -2.20. The molecule has 2 unspecified atom stereocenters. The molecule has 0 aromatic carbocycles. The van der Waals surface area contributed by atoms with E-state index in [-0.39, 0.29) is 67.8 Å². The van der Waals surface area contributed by atoms with Crippen LogP contribution in [0.1, 0.15) is 306 Å². The van der Waals surface area contributed by atoms with Crippen molar-refractivity contribution in [3.05, 3.63) is 30.7 Å². The van der Waals surface area contributed by atoms with Crippen LogP contribution in [0.4, 0.5) is 0 Å². The number of amides is 1. The van der Waals surface area contributed by atoms with Crippen LogP contribution in [-0.2, 0) is 52.5 Å². The van der Waals surface area contributed by atoms with Crippen molar-refractivity contribution in [3.63, 3.8) is 0 Å². The van der Waals surface area contributed by atoms with E-state index in [2.05, 4.69) is 53.5 Å². The van der Waals surface area contributed by atoms with Gasteiger partial charge in [0.05, 0.1) is 33.0 Å². The number of allylic oxidation sites excluding steroid dienone is 2. The number of hydrogen-bond acceptors (Lipinski definition) is 11. The molecule has 0 N–H and O–H groups in total. The molecule has 1 saturated carbocycles. The molecule has 0 radical (unpaired) electrons. The molecule has 466 valence electrons. The number of likely N-dealkylation sites (tertiary alicyclic amines) is 1. The predicted octanol–water partition coefficient (Wildman–Crippen LogP) is 18.0. The van der Waals surface area contributed by atoms with Crippen LogP contribution in [0.2, 0.25) is 0 Å². The Balaban J connectivity index is 0. The third-order valence-electron chi connectivity index (χ3n) is 14.9. The largest absolute Gasteiger partial charge is 0.490 e. The Hall–Kier alpha value is -3.92. The highest BCUT2D eigenvalue weighted by molar-refractivity contribution is 5.89. The van der Waals surface area contributed by atoms with Crippen molar-refractivity contribution in [1.82, 2.24) is 4.90 Å². The minimum Gasteiger partial charge on any atom is -0.490 e. The first kappa shape index (κ1) is 78.1. The van der Waals surface area contributed by atoms with Gasteiger partial charge in [-0.1, -0.05) is 241 Å². The Morgan fingerprint density at radius 1 is 0.500 bits per heavy atom. The Kier molecular flexibility index (Phi) is 55.6. The Morgan fingerprint density at radius 3 is 1.24 bits per heavy atom. The van der Waals surface area contributed by atoms with Crippen molar-refractivity contribution >= 4 is 35.6 Å². The van der Waals surface area contributed by atoms with Gasteiger partial charge in [0.2, 0.25) is 5.91 Å². The van der Waals surface area contributed by atoms with Crippen molar-refractivity contribution in [2.75, 3.05) is 33.0 Å². The number of rotatable bonds is 44. The number of esters is 4. The molecule has 80 heavy (non-hydrogen) atoms. The smallest absolute Gasteiger partial charge is 0.306 e. The summed E-state index contributed by atoms with van der Waals surface area (Å²) in [6.07, 6.45) is 38.8. The van der Waals surface area contributed by atoms with E-state index in [0.717, 1.165) is 70.1 Å². The van der Waals surface area contributed by atoms with Crippen molar-refractivity contribution in [2.45, 2.75) is 318 Å². The van der Waals surface area contributed by atoms with E-state index in [1.807, 2.05) is 27.7 Å². The number of carbonyl (C=O) groups excluding carboxylic acids is 6. The molecule has 0 spiro atoms. The summed E-state index contributed by atoms with van der Waals surface area (Å²) in [5, 5.41) is 0. The first-order chi connectivity index (χ1) is 38.8. The van der Waals surface area contributed by atoms with Gasteiger partial charge in [-0.15, -0.1) is 0 Å². The zero-order valence-electron chi connectivity index (χ0n) is 53.2. The average Bonchev–Trinajstić information content (AvgIpc) is 3.63. The molecule has 1 saturated heterocycles. The summed E-state index contributed by atoms with van der Waals surface area (Å²) in [7, 11) is 0. The molecule has 0 bridgehead atoms. The van der Waals surface area contributed by atoms with Gasteiger partial charge < -0.3 is 28.6 Å². The zero-order chi connectivity index (χ0) is 59.9. The second-order valence-corrected chi connectivity index (χ2v) is 22.5. The van der Waals surface area contributed by atoms with Crippen LogP contribution >= 0.6 is 0 Å². The van der Waals surface area contributed by atoms with E-state index in [9.17, 15) is 28.8 Å². The van der Waals surface area contributed by atoms with Gasteiger partial charge in [-0.25, -0.2) is 0 Å². The van der Waals surface area contributed by atoms with Crippen molar-refractivity contribution in [2.24, 2.45) is 17.8 Å². The monoisotopic (exact) mass is 1130 g/mol. The Morgan fingerprint density at radius 2 is 0.863 bits per heavy atom. The van der Waals surface area contributed by atoms with E-state index < -0.39 is 23.8 Å². The summed E-state index contributed by atoms with van der Waals surface area (Å²) in [5.74, 6) is -0.635. The normalized spacial score (nSPS) is 15.2. The predicted molar refractivity (Wildman–Crippen MR) is 329 cm³/mol. The topological polar surface area (TPSA) is 152 Å². The maximum Gasteiger partial charge on any atom is 0.306 e. The van der Waals surface area contributed by atoms with Crippen LogP contribution < -0.4 is 0 Å². The molecule has 1 aliphatic carbocycles. The first-order valence-electron chi connectivity index (χ1n) is 32.9. The molecular formula is C68H123NO11. The van der Waals surface area contributed by atoms with Crippen molar-refractivity contribution < 1.29 is 52.5 Å². The Bertz CT molecular complexity index is 1570. The standard InChI is InChI=1S/C31H55NO7.C27H46O4.C8H16.C2H6/c1-5-8-10-12-14-16-18-37-29(34)21-26(22-30(35)38-19-17-15-13-11-9-6-2)23-31(36)39-27-20-25(4)32(24-27)28(33)7-3;1-5-9-11-13-15-17-19-30-26(8-4)22-24(21-25(28)7-3)23-27(29)31-20-18-16-14-12-10-6-2;1-8-6-4-2-3-5-7-8;1-2/h25-27H,5-24H2,1-4H3;7,24H,3-6,9-23H2,1-2H3;8H,2-7H2,1H3;1-2H3/t25?,27-;;;/m1.../s1. The molecule has 12 nitrogen and oxygen atoms in total. The second kappa shape index (κ2) is 56.9. The number of hydrogen-bond donors (Lipinski definition) is 0. The van der Waals surface area contributed by atoms with Gasteiger partial charge in [0.25, 0.3) is 0 Å². The number of carbonyl (C=O) groups is 6. The van der Waals surface area contributed by atoms with Crippen LogP contribution in [0.3, 0.4) is 0 Å². The highest BCUT2D eigenvalue weighted by Gasteiger charge is 2.34. The van der Waals surface area contributed by atoms with E-state index >= 15 is 0 Å². The van der Waals surface area contributed by atoms with Crippen molar-refractivity contribution in [1.29, 1.82) is 0 Å². The van der Waals surface area contributed by atoms with Crippen LogP contribution in [0.15, 0.2) is 30.7 Å². The Labute approximate surface area is 490 Å². The van der Waals surface area contributed by atoms with Crippen LogP contribution in [-0.4, -0.2) is 85.6 Å². The van der Waals surface area contributed by atoms with Gasteiger partial charge in [-0.2, -0.15) is 0 Å².